The molecule has 3 heteroatoms. The number of rotatable bonds is 3. The van der Waals surface area contributed by atoms with E-state index in [0.717, 1.165) is 36.8 Å². The van der Waals surface area contributed by atoms with Crippen molar-refractivity contribution in [2.75, 3.05) is 18.0 Å². The van der Waals surface area contributed by atoms with Gasteiger partial charge in [-0.15, -0.1) is 0 Å². The van der Waals surface area contributed by atoms with Crippen molar-refractivity contribution < 1.29 is 0 Å². The molecule has 0 bridgehead atoms. The van der Waals surface area contributed by atoms with Crippen LogP contribution in [0.2, 0.25) is 0 Å². The summed E-state index contributed by atoms with van der Waals surface area (Å²) in [6.07, 6.45) is 5.21. The van der Waals surface area contributed by atoms with Gasteiger partial charge in [0, 0.05) is 25.5 Å². The third-order valence-electron chi connectivity index (χ3n) is 4.44. The zero-order valence-electron chi connectivity index (χ0n) is 12.9. The lowest BCUT2D eigenvalue weighted by Gasteiger charge is -2.38. The fourth-order valence-electron chi connectivity index (χ4n) is 3.13. The number of hydrogen-bond acceptors (Lipinski definition) is 3. The summed E-state index contributed by atoms with van der Waals surface area (Å²) in [7, 11) is 0. The smallest absolute Gasteiger partial charge is 0.225 e. The highest BCUT2D eigenvalue weighted by Crippen LogP contribution is 2.30. The second-order valence-electron chi connectivity index (χ2n) is 6.59. The quantitative estimate of drug-likeness (QED) is 0.830. The van der Waals surface area contributed by atoms with Gasteiger partial charge in [-0.3, -0.25) is 0 Å². The second-order valence-corrected chi connectivity index (χ2v) is 6.59. The minimum absolute atomic E-state index is 0.500. The van der Waals surface area contributed by atoms with Gasteiger partial charge in [0.15, 0.2) is 0 Å². The molecule has 0 saturated carbocycles. The van der Waals surface area contributed by atoms with Gasteiger partial charge in [0.25, 0.3) is 0 Å². The molecule has 2 unspecified atom stereocenters. The van der Waals surface area contributed by atoms with E-state index in [-0.39, 0.29) is 0 Å². The van der Waals surface area contributed by atoms with Crippen molar-refractivity contribution in [3.63, 3.8) is 0 Å². The van der Waals surface area contributed by atoms with Crippen molar-refractivity contribution in [1.29, 1.82) is 0 Å². The molecule has 3 nitrogen and oxygen atoms in total. The Labute approximate surface area is 117 Å². The largest absolute Gasteiger partial charge is 0.341 e. The molecule has 1 aromatic heterocycles. The van der Waals surface area contributed by atoms with Crippen LogP contribution in [-0.2, 0) is 0 Å². The normalized spacial score (nSPS) is 24.3. The molecule has 19 heavy (non-hydrogen) atoms. The van der Waals surface area contributed by atoms with E-state index in [1.54, 1.807) is 0 Å². The molecule has 106 valence electrons. The molecule has 2 rings (SSSR count). The van der Waals surface area contributed by atoms with Gasteiger partial charge in [-0.2, -0.15) is 0 Å². The van der Waals surface area contributed by atoms with E-state index >= 15 is 0 Å². The molecule has 1 aliphatic heterocycles. The average molecular weight is 261 g/mol. The Morgan fingerprint density at radius 1 is 1.16 bits per heavy atom. The highest BCUT2D eigenvalue weighted by atomic mass is 15.3. The van der Waals surface area contributed by atoms with E-state index in [1.165, 1.54) is 12.0 Å². The van der Waals surface area contributed by atoms with Crippen molar-refractivity contribution in [2.45, 2.75) is 47.0 Å². The maximum Gasteiger partial charge on any atom is 0.225 e. The Balaban J connectivity index is 2.04. The lowest BCUT2D eigenvalue weighted by molar-refractivity contribution is 0.227. The molecule has 1 aromatic rings. The Bertz CT molecular complexity index is 397. The molecular weight excluding hydrogens is 234 g/mol. The molecule has 2 heterocycles. The Morgan fingerprint density at radius 3 is 2.26 bits per heavy atom. The summed E-state index contributed by atoms with van der Waals surface area (Å²) < 4.78 is 0. The van der Waals surface area contributed by atoms with Crippen molar-refractivity contribution in [3.05, 3.63) is 18.0 Å². The van der Waals surface area contributed by atoms with Crippen LogP contribution in [0.4, 0.5) is 5.95 Å². The van der Waals surface area contributed by atoms with Crippen LogP contribution in [0.15, 0.2) is 12.4 Å². The van der Waals surface area contributed by atoms with Gasteiger partial charge in [0.05, 0.1) is 0 Å². The predicted molar refractivity (Wildman–Crippen MR) is 80.4 cm³/mol. The maximum absolute atomic E-state index is 4.54. The summed E-state index contributed by atoms with van der Waals surface area (Å²) in [6, 6.07) is 0. The number of anilines is 1. The molecule has 0 spiro atoms. The van der Waals surface area contributed by atoms with E-state index in [1.807, 2.05) is 12.4 Å². The lowest BCUT2D eigenvalue weighted by atomic mass is 9.79. The van der Waals surface area contributed by atoms with E-state index in [0.29, 0.717) is 5.92 Å². The SMILES string of the molecule is CC(C)c1cnc(N2CCC(C(C)C)C(C)C2)nc1. The van der Waals surface area contributed by atoms with Crippen molar-refractivity contribution in [1.82, 2.24) is 9.97 Å². The third-order valence-corrected chi connectivity index (χ3v) is 4.44. The lowest BCUT2D eigenvalue weighted by Crippen LogP contribution is -2.41. The fourth-order valence-corrected chi connectivity index (χ4v) is 3.13. The van der Waals surface area contributed by atoms with Crippen LogP contribution in [0.1, 0.15) is 52.5 Å². The van der Waals surface area contributed by atoms with E-state index in [2.05, 4.69) is 49.5 Å². The molecule has 0 aromatic carbocycles. The number of aromatic nitrogens is 2. The molecule has 1 aliphatic rings. The summed E-state index contributed by atoms with van der Waals surface area (Å²) in [6.45, 7) is 13.6. The molecule has 2 atom stereocenters. The monoisotopic (exact) mass is 261 g/mol. The number of piperidine rings is 1. The van der Waals surface area contributed by atoms with Crippen molar-refractivity contribution in [3.8, 4) is 0 Å². The first-order chi connectivity index (χ1) is 8.99. The molecule has 1 saturated heterocycles. The summed E-state index contributed by atoms with van der Waals surface area (Å²) in [5.74, 6) is 3.74. The molecular formula is C16H27N3. The van der Waals surface area contributed by atoms with Crippen molar-refractivity contribution in [2.24, 2.45) is 17.8 Å². The van der Waals surface area contributed by atoms with Crippen LogP contribution in [0, 0.1) is 17.8 Å². The predicted octanol–water partition coefficient (Wildman–Crippen LogP) is 3.72. The first kappa shape index (κ1) is 14.3. The topological polar surface area (TPSA) is 29.0 Å². The standard InChI is InChI=1S/C16H27N3/c1-11(2)14-8-17-16(18-9-14)19-7-6-15(12(3)4)13(5)10-19/h8-9,11-13,15H,6-7,10H2,1-5H3. The van der Waals surface area contributed by atoms with Gasteiger partial charge < -0.3 is 4.90 Å². The highest BCUT2D eigenvalue weighted by Gasteiger charge is 2.29. The van der Waals surface area contributed by atoms with E-state index in [4.69, 9.17) is 0 Å². The van der Waals surface area contributed by atoms with Gasteiger partial charge in [0.2, 0.25) is 5.95 Å². The van der Waals surface area contributed by atoms with Crippen LogP contribution < -0.4 is 4.90 Å². The maximum atomic E-state index is 4.54. The van der Waals surface area contributed by atoms with Crippen LogP contribution in [0.5, 0.6) is 0 Å². The Hall–Kier alpha value is -1.12. The summed E-state index contributed by atoms with van der Waals surface area (Å²) in [5, 5.41) is 0. The zero-order chi connectivity index (χ0) is 14.0. The minimum atomic E-state index is 0.500. The van der Waals surface area contributed by atoms with Crippen molar-refractivity contribution >= 4 is 5.95 Å². The van der Waals surface area contributed by atoms with Crippen LogP contribution in [-0.4, -0.2) is 23.1 Å². The van der Waals surface area contributed by atoms with Gasteiger partial charge >= 0.3 is 0 Å². The molecule has 1 fully saturated rings. The Morgan fingerprint density at radius 2 is 1.79 bits per heavy atom. The van der Waals surface area contributed by atoms with Gasteiger partial charge in [-0.1, -0.05) is 34.6 Å². The summed E-state index contributed by atoms with van der Waals surface area (Å²) >= 11 is 0. The van der Waals surface area contributed by atoms with Crippen LogP contribution >= 0.6 is 0 Å². The zero-order valence-corrected chi connectivity index (χ0v) is 12.9. The molecule has 0 N–H and O–H groups in total. The third kappa shape index (κ3) is 3.26. The van der Waals surface area contributed by atoms with Gasteiger partial charge in [-0.25, -0.2) is 9.97 Å². The minimum Gasteiger partial charge on any atom is -0.341 e. The van der Waals surface area contributed by atoms with E-state index in [9.17, 15) is 0 Å². The number of nitrogens with zero attached hydrogens (tertiary/aromatic N) is 3. The summed E-state index contributed by atoms with van der Waals surface area (Å²) in [4.78, 5) is 11.4. The van der Waals surface area contributed by atoms with E-state index < -0.39 is 0 Å². The Kier molecular flexibility index (Phi) is 4.43. The van der Waals surface area contributed by atoms with Gasteiger partial charge in [-0.05, 0) is 35.7 Å². The van der Waals surface area contributed by atoms with Crippen LogP contribution in [0.25, 0.3) is 0 Å². The first-order valence-electron chi connectivity index (χ1n) is 7.56. The molecule has 0 aliphatic carbocycles. The number of hydrogen-bond donors (Lipinski definition) is 0. The summed E-state index contributed by atoms with van der Waals surface area (Å²) in [5.41, 5.74) is 1.22. The second kappa shape index (κ2) is 5.89. The molecule has 0 radical (unpaired) electrons. The van der Waals surface area contributed by atoms with Crippen LogP contribution in [0.3, 0.4) is 0 Å². The first-order valence-corrected chi connectivity index (χ1v) is 7.56. The fraction of sp³-hybridized carbons (Fsp3) is 0.750. The van der Waals surface area contributed by atoms with Gasteiger partial charge in [0.1, 0.15) is 0 Å². The molecule has 0 amide bonds. The average Bonchev–Trinajstić information content (AvgIpc) is 2.38. The highest BCUT2D eigenvalue weighted by molar-refractivity contribution is 5.31.